The van der Waals surface area contributed by atoms with Crippen molar-refractivity contribution >= 4 is 5.84 Å². The van der Waals surface area contributed by atoms with Gasteiger partial charge in [0.25, 0.3) is 5.91 Å². The molecule has 0 spiro atoms. The number of rotatable bonds is 3. The molecule has 1 fully saturated rings. The van der Waals surface area contributed by atoms with Gasteiger partial charge in [-0.05, 0) is 6.42 Å². The number of ether oxygens (including phenoxy) is 2. The van der Waals surface area contributed by atoms with Crippen LogP contribution in [-0.2, 0) is 9.47 Å². The smallest absolute Gasteiger partial charge is 0.292 e. The predicted octanol–water partition coefficient (Wildman–Crippen LogP) is 0.754. The van der Waals surface area contributed by atoms with Crippen molar-refractivity contribution in [1.82, 2.24) is 0 Å². The monoisotopic (exact) mass is 248 g/mol. The third-order valence-electron chi connectivity index (χ3n) is 4.88. The molecule has 2 aliphatic rings. The molecule has 0 saturated heterocycles. The Labute approximate surface area is 106 Å². The van der Waals surface area contributed by atoms with Crippen molar-refractivity contribution in [2.75, 3.05) is 14.2 Å². The van der Waals surface area contributed by atoms with E-state index < -0.39 is 22.2 Å². The molecule has 2 rings (SSSR count). The molecule has 6 heteroatoms. The average Bonchev–Trinajstić information content (AvgIpc) is 2.80. The maximum atomic E-state index is 9.66. The lowest BCUT2D eigenvalue weighted by molar-refractivity contribution is -0.236. The fraction of sp³-hybridized carbons (Fsp3) is 0.750. The first-order valence-electron chi connectivity index (χ1n) is 5.72. The zero-order chi connectivity index (χ0) is 13.8. The Hall–Kier alpha value is -1.63. The number of nitriles is 2. The molecule has 0 amide bonds. The maximum Gasteiger partial charge on any atom is 0.292 e. The van der Waals surface area contributed by atoms with Crippen LogP contribution in [0.25, 0.3) is 0 Å². The molecule has 96 valence electrons. The van der Waals surface area contributed by atoms with Crippen LogP contribution in [0.3, 0.4) is 0 Å². The fourth-order valence-electron chi connectivity index (χ4n) is 3.72. The summed E-state index contributed by atoms with van der Waals surface area (Å²) < 4.78 is 10.7. The summed E-state index contributed by atoms with van der Waals surface area (Å²) in [6, 6.07) is 4.39. The van der Waals surface area contributed by atoms with Crippen LogP contribution in [0.5, 0.6) is 0 Å². The van der Waals surface area contributed by atoms with Gasteiger partial charge in [-0.3, -0.25) is 0 Å². The second kappa shape index (κ2) is 3.23. The van der Waals surface area contributed by atoms with Crippen molar-refractivity contribution in [3.05, 3.63) is 0 Å². The van der Waals surface area contributed by atoms with E-state index in [-0.39, 0.29) is 5.84 Å². The minimum Gasteiger partial charge on any atom is -0.386 e. The summed E-state index contributed by atoms with van der Waals surface area (Å²) >= 11 is 0. The van der Waals surface area contributed by atoms with E-state index in [1.807, 2.05) is 13.8 Å². The van der Waals surface area contributed by atoms with Crippen LogP contribution in [0.15, 0.2) is 4.99 Å². The Morgan fingerprint density at radius 3 is 2.11 bits per heavy atom. The second-order valence-corrected chi connectivity index (χ2v) is 4.90. The van der Waals surface area contributed by atoms with E-state index in [1.54, 1.807) is 0 Å². The number of amidine groups is 1. The van der Waals surface area contributed by atoms with E-state index in [9.17, 15) is 10.5 Å². The molecule has 0 aromatic carbocycles. The molecule has 0 unspecified atom stereocenters. The summed E-state index contributed by atoms with van der Waals surface area (Å²) in [6.07, 6.45) is 0.610. The van der Waals surface area contributed by atoms with Crippen LogP contribution in [-0.4, -0.2) is 26.0 Å². The van der Waals surface area contributed by atoms with Gasteiger partial charge in [0.05, 0.1) is 12.1 Å². The molecule has 2 N–H and O–H groups in total. The molecule has 1 aliphatic heterocycles. The topological polar surface area (TPSA) is 104 Å². The first-order valence-corrected chi connectivity index (χ1v) is 5.72. The number of hydrogen-bond acceptors (Lipinski definition) is 6. The normalized spacial score (nSPS) is 43.6. The molecular formula is C12H16N4O2. The van der Waals surface area contributed by atoms with E-state index in [1.165, 1.54) is 14.2 Å². The van der Waals surface area contributed by atoms with Gasteiger partial charge in [0.2, 0.25) is 0 Å². The average molecular weight is 248 g/mol. The lowest BCUT2D eigenvalue weighted by Gasteiger charge is -2.31. The van der Waals surface area contributed by atoms with Gasteiger partial charge in [-0.25, -0.2) is 4.99 Å². The van der Waals surface area contributed by atoms with Crippen molar-refractivity contribution in [2.45, 2.75) is 26.2 Å². The molecule has 0 bridgehead atoms. The maximum absolute atomic E-state index is 9.66. The highest BCUT2D eigenvalue weighted by Crippen LogP contribution is 2.86. The SMILES string of the molecule is CC[C@]1(C)[C@]2(C#N)C(N)=NC(OC)(OC)[C@@]12C#N. The summed E-state index contributed by atoms with van der Waals surface area (Å²) in [7, 11) is 2.81. The molecule has 6 nitrogen and oxygen atoms in total. The van der Waals surface area contributed by atoms with E-state index in [0.717, 1.165) is 0 Å². The molecule has 1 aliphatic carbocycles. The van der Waals surface area contributed by atoms with Gasteiger partial charge >= 0.3 is 0 Å². The lowest BCUT2D eigenvalue weighted by atomic mass is 9.89. The molecule has 18 heavy (non-hydrogen) atoms. The molecular weight excluding hydrogens is 232 g/mol. The number of fused-ring (bicyclic) bond motifs is 1. The Morgan fingerprint density at radius 2 is 1.83 bits per heavy atom. The van der Waals surface area contributed by atoms with Crippen LogP contribution in [0, 0.1) is 38.9 Å². The minimum atomic E-state index is -1.49. The molecule has 1 heterocycles. The number of nitrogens with zero attached hydrogens (tertiary/aromatic N) is 3. The third kappa shape index (κ3) is 0.754. The Morgan fingerprint density at radius 1 is 1.28 bits per heavy atom. The molecule has 0 aromatic rings. The highest BCUT2D eigenvalue weighted by molar-refractivity contribution is 6.00. The van der Waals surface area contributed by atoms with Crippen LogP contribution < -0.4 is 5.73 Å². The van der Waals surface area contributed by atoms with E-state index >= 15 is 0 Å². The number of nitrogens with two attached hydrogens (primary N) is 1. The van der Waals surface area contributed by atoms with Crippen molar-refractivity contribution in [2.24, 2.45) is 27.0 Å². The Bertz CT molecular complexity index is 513. The Kier molecular flexibility index (Phi) is 2.30. The van der Waals surface area contributed by atoms with Crippen molar-refractivity contribution in [3.63, 3.8) is 0 Å². The quantitative estimate of drug-likeness (QED) is 0.742. The van der Waals surface area contributed by atoms with Crippen molar-refractivity contribution in [3.8, 4) is 12.1 Å². The van der Waals surface area contributed by atoms with Crippen LogP contribution >= 0.6 is 0 Å². The standard InChI is InChI=1S/C12H16N4O2/c1-5-9(2)10(6-13)8(15)16-12(17-3,18-4)11(9,10)7-14/h5H2,1-4H3,(H2,15,16)/t9-,10+,11+/m1/s1. The summed E-state index contributed by atoms with van der Waals surface area (Å²) in [5.41, 5.74) is 2.98. The minimum absolute atomic E-state index is 0.125. The van der Waals surface area contributed by atoms with Crippen LogP contribution in [0.2, 0.25) is 0 Å². The van der Waals surface area contributed by atoms with Gasteiger partial charge in [-0.2, -0.15) is 10.5 Å². The number of methoxy groups -OCH3 is 2. The first kappa shape index (κ1) is 12.8. The van der Waals surface area contributed by atoms with E-state index in [0.29, 0.717) is 6.42 Å². The predicted molar refractivity (Wildman–Crippen MR) is 62.9 cm³/mol. The van der Waals surface area contributed by atoms with Gasteiger partial charge in [-0.15, -0.1) is 0 Å². The zero-order valence-electron chi connectivity index (χ0n) is 10.9. The van der Waals surface area contributed by atoms with Gasteiger partial charge in [0.1, 0.15) is 11.3 Å². The van der Waals surface area contributed by atoms with Crippen molar-refractivity contribution < 1.29 is 9.47 Å². The van der Waals surface area contributed by atoms with E-state index in [4.69, 9.17) is 15.2 Å². The third-order valence-corrected chi connectivity index (χ3v) is 4.88. The largest absolute Gasteiger partial charge is 0.386 e. The second-order valence-electron chi connectivity index (χ2n) is 4.90. The number of aliphatic imine (C=N–C) groups is 1. The van der Waals surface area contributed by atoms with E-state index in [2.05, 4.69) is 17.1 Å². The van der Waals surface area contributed by atoms with Crippen LogP contribution in [0.4, 0.5) is 0 Å². The van der Waals surface area contributed by atoms with Crippen LogP contribution in [0.1, 0.15) is 20.3 Å². The highest BCUT2D eigenvalue weighted by Gasteiger charge is 2.98. The highest BCUT2D eigenvalue weighted by atomic mass is 16.7. The Balaban J connectivity index is 2.77. The molecule has 0 aromatic heterocycles. The van der Waals surface area contributed by atoms with Crippen molar-refractivity contribution in [1.29, 1.82) is 10.5 Å². The molecule has 3 atom stereocenters. The molecule has 0 radical (unpaired) electrons. The van der Waals surface area contributed by atoms with Gasteiger partial charge in [0, 0.05) is 19.6 Å². The van der Waals surface area contributed by atoms with Gasteiger partial charge in [0.15, 0.2) is 5.41 Å². The first-order chi connectivity index (χ1) is 8.43. The van der Waals surface area contributed by atoms with Gasteiger partial charge in [-0.1, -0.05) is 13.8 Å². The van der Waals surface area contributed by atoms with Gasteiger partial charge < -0.3 is 15.2 Å². The summed E-state index contributed by atoms with van der Waals surface area (Å²) in [4.78, 5) is 4.12. The number of hydrogen-bond donors (Lipinski definition) is 1. The summed E-state index contributed by atoms with van der Waals surface area (Å²) in [5.74, 6) is -1.37. The fourth-order valence-corrected chi connectivity index (χ4v) is 3.72. The zero-order valence-corrected chi connectivity index (χ0v) is 10.9. The summed E-state index contributed by atoms with van der Waals surface area (Å²) in [6.45, 7) is 3.77. The molecule has 1 saturated carbocycles. The lowest BCUT2D eigenvalue weighted by Crippen LogP contribution is -2.43. The summed E-state index contributed by atoms with van der Waals surface area (Å²) in [5, 5.41) is 19.2.